The number of fused-ring (bicyclic) bond motifs is 6. The average molecular weight is 427 g/mol. The summed E-state index contributed by atoms with van der Waals surface area (Å²) in [7, 11) is -2.04. The third-order valence-corrected chi connectivity index (χ3v) is 10.4. The zero-order valence-corrected chi connectivity index (χ0v) is 19.1. The van der Waals surface area contributed by atoms with E-state index in [1.165, 1.54) is 43.3 Å². The molecule has 0 radical (unpaired) electrons. The van der Waals surface area contributed by atoms with Gasteiger partial charge in [0, 0.05) is 11.1 Å². The van der Waals surface area contributed by atoms with Crippen molar-refractivity contribution in [2.24, 2.45) is 0 Å². The first-order chi connectivity index (χ1) is 15.6. The standard InChI is InChI=1S/C29H22N2Si/c1-32(2)27-18-16-20-9-3-6-12-23(20)28(27)31(25-14-8-5-11-22(25)19-30)26-17-15-21-10-4-7-13-24(21)29(26)32/h3-18H,1-2H3. The van der Waals surface area contributed by atoms with Crippen LogP contribution in [0.2, 0.25) is 13.1 Å². The predicted octanol–water partition coefficient (Wildman–Crippen LogP) is 6.47. The van der Waals surface area contributed by atoms with Crippen molar-refractivity contribution in [3.63, 3.8) is 0 Å². The normalized spacial score (nSPS) is 14.1. The Morgan fingerprint density at radius 1 is 0.656 bits per heavy atom. The highest BCUT2D eigenvalue weighted by Crippen LogP contribution is 2.44. The van der Waals surface area contributed by atoms with E-state index in [1.54, 1.807) is 0 Å². The maximum atomic E-state index is 9.96. The Labute approximate surface area is 189 Å². The van der Waals surface area contributed by atoms with E-state index in [0.717, 1.165) is 5.69 Å². The third kappa shape index (κ3) is 2.51. The molecule has 0 amide bonds. The van der Waals surface area contributed by atoms with Gasteiger partial charge < -0.3 is 4.90 Å². The number of nitriles is 1. The van der Waals surface area contributed by atoms with Crippen LogP contribution in [-0.4, -0.2) is 8.07 Å². The smallest absolute Gasteiger partial charge is 0.118 e. The summed E-state index contributed by atoms with van der Waals surface area (Å²) in [6.45, 7) is 4.92. The van der Waals surface area contributed by atoms with Crippen molar-refractivity contribution in [1.29, 1.82) is 5.26 Å². The average Bonchev–Trinajstić information content (AvgIpc) is 2.83. The molecule has 0 unspecified atom stereocenters. The second-order valence-corrected chi connectivity index (χ2v) is 13.2. The van der Waals surface area contributed by atoms with E-state index in [4.69, 9.17) is 0 Å². The van der Waals surface area contributed by atoms with E-state index in [-0.39, 0.29) is 0 Å². The van der Waals surface area contributed by atoms with Gasteiger partial charge in [0.05, 0.1) is 16.9 Å². The van der Waals surface area contributed by atoms with Gasteiger partial charge in [-0.05, 0) is 44.7 Å². The van der Waals surface area contributed by atoms with Crippen molar-refractivity contribution < 1.29 is 0 Å². The van der Waals surface area contributed by atoms with Gasteiger partial charge >= 0.3 is 0 Å². The minimum absolute atomic E-state index is 0.687. The molecule has 5 aromatic carbocycles. The molecule has 0 atom stereocenters. The second kappa shape index (κ2) is 6.81. The number of benzene rings is 5. The molecular formula is C29H22N2Si. The lowest BCUT2D eigenvalue weighted by Crippen LogP contribution is -2.58. The van der Waals surface area contributed by atoms with Crippen molar-refractivity contribution >= 4 is 57.1 Å². The zero-order valence-electron chi connectivity index (χ0n) is 18.1. The van der Waals surface area contributed by atoms with Gasteiger partial charge in [0.25, 0.3) is 0 Å². The fraction of sp³-hybridized carbons (Fsp3) is 0.0690. The summed E-state index contributed by atoms with van der Waals surface area (Å²) in [5, 5.41) is 17.9. The summed E-state index contributed by atoms with van der Waals surface area (Å²) >= 11 is 0. The summed E-state index contributed by atoms with van der Waals surface area (Å²) in [5.74, 6) is 0. The quantitative estimate of drug-likeness (QED) is 0.287. The fourth-order valence-electron chi connectivity index (χ4n) is 5.37. The van der Waals surface area contributed by atoms with Crippen LogP contribution in [0.1, 0.15) is 5.56 Å². The molecule has 0 N–H and O–H groups in total. The van der Waals surface area contributed by atoms with Crippen LogP contribution in [0.15, 0.2) is 97.1 Å². The molecule has 0 spiro atoms. The van der Waals surface area contributed by atoms with Gasteiger partial charge in [-0.1, -0.05) is 92.0 Å². The van der Waals surface area contributed by atoms with Crippen LogP contribution >= 0.6 is 0 Å². The van der Waals surface area contributed by atoms with Crippen LogP contribution in [-0.2, 0) is 0 Å². The lowest BCUT2D eigenvalue weighted by Gasteiger charge is -2.42. The molecule has 1 heterocycles. The SMILES string of the molecule is C[Si]1(C)c2ccc3ccccc3c2N(c2ccccc2C#N)c2ccc3ccccc3c21. The maximum Gasteiger partial charge on any atom is 0.118 e. The monoisotopic (exact) mass is 426 g/mol. The van der Waals surface area contributed by atoms with Gasteiger partial charge in [0.15, 0.2) is 0 Å². The molecule has 5 aromatic rings. The van der Waals surface area contributed by atoms with Crippen molar-refractivity contribution in [3.8, 4) is 6.07 Å². The molecule has 0 fully saturated rings. The molecule has 1 aliphatic rings. The third-order valence-electron chi connectivity index (χ3n) is 6.84. The molecule has 0 saturated heterocycles. The number of hydrogen-bond donors (Lipinski definition) is 0. The van der Waals surface area contributed by atoms with E-state index >= 15 is 0 Å². The van der Waals surface area contributed by atoms with Crippen LogP contribution in [0.25, 0.3) is 21.5 Å². The minimum atomic E-state index is -2.04. The van der Waals surface area contributed by atoms with Gasteiger partial charge in [-0.15, -0.1) is 0 Å². The number of hydrogen-bond acceptors (Lipinski definition) is 2. The Bertz CT molecular complexity index is 1580. The lowest BCUT2D eigenvalue weighted by molar-refractivity contribution is 1.29. The molecule has 1 aliphatic heterocycles. The fourth-order valence-corrected chi connectivity index (χ4v) is 8.72. The van der Waals surface area contributed by atoms with Crippen LogP contribution < -0.4 is 15.3 Å². The topological polar surface area (TPSA) is 27.0 Å². The number of para-hydroxylation sites is 1. The molecule has 0 bridgehead atoms. The van der Waals surface area contributed by atoms with Gasteiger partial charge in [-0.2, -0.15) is 5.26 Å². The minimum Gasteiger partial charge on any atom is -0.309 e. The first kappa shape index (κ1) is 18.9. The van der Waals surface area contributed by atoms with Crippen molar-refractivity contribution in [3.05, 3.63) is 103 Å². The Balaban J connectivity index is 1.82. The van der Waals surface area contributed by atoms with Crippen LogP contribution in [0.5, 0.6) is 0 Å². The molecule has 152 valence electrons. The van der Waals surface area contributed by atoms with Crippen LogP contribution in [0.4, 0.5) is 17.1 Å². The zero-order chi connectivity index (χ0) is 21.9. The highest BCUT2D eigenvalue weighted by atomic mass is 28.3. The molecule has 0 saturated carbocycles. The molecular weight excluding hydrogens is 404 g/mol. The van der Waals surface area contributed by atoms with E-state index in [2.05, 4.69) is 103 Å². The largest absolute Gasteiger partial charge is 0.309 e. The summed E-state index contributed by atoms with van der Waals surface area (Å²) in [6.07, 6.45) is 0. The van der Waals surface area contributed by atoms with E-state index < -0.39 is 8.07 Å². The summed E-state index contributed by atoms with van der Waals surface area (Å²) < 4.78 is 0. The number of rotatable bonds is 1. The lowest BCUT2D eigenvalue weighted by atomic mass is 10.0. The Hall–Kier alpha value is -3.87. The van der Waals surface area contributed by atoms with Crippen molar-refractivity contribution in [1.82, 2.24) is 0 Å². The molecule has 0 aromatic heterocycles. The van der Waals surface area contributed by atoms with Crippen molar-refractivity contribution in [2.75, 3.05) is 4.90 Å². The van der Waals surface area contributed by atoms with Crippen molar-refractivity contribution in [2.45, 2.75) is 13.1 Å². The molecule has 3 heteroatoms. The maximum absolute atomic E-state index is 9.96. The Morgan fingerprint density at radius 3 is 2.06 bits per heavy atom. The van der Waals surface area contributed by atoms with Crippen LogP contribution in [0.3, 0.4) is 0 Å². The van der Waals surface area contributed by atoms with Gasteiger partial charge in [0.1, 0.15) is 14.1 Å². The predicted molar refractivity (Wildman–Crippen MR) is 138 cm³/mol. The highest BCUT2D eigenvalue weighted by Gasteiger charge is 2.41. The van der Waals surface area contributed by atoms with Gasteiger partial charge in [-0.25, -0.2) is 0 Å². The van der Waals surface area contributed by atoms with Crippen LogP contribution in [0, 0.1) is 11.3 Å². The first-order valence-corrected chi connectivity index (χ1v) is 13.9. The highest BCUT2D eigenvalue weighted by molar-refractivity contribution is 7.04. The first-order valence-electron chi connectivity index (χ1n) is 10.9. The summed E-state index contributed by atoms with van der Waals surface area (Å²) in [5.41, 5.74) is 4.05. The second-order valence-electron chi connectivity index (χ2n) is 8.95. The number of anilines is 3. The van der Waals surface area contributed by atoms with E-state index in [1.807, 2.05) is 18.2 Å². The summed E-state index contributed by atoms with van der Waals surface area (Å²) in [4.78, 5) is 2.34. The Morgan fingerprint density at radius 2 is 1.28 bits per heavy atom. The van der Waals surface area contributed by atoms with E-state index in [0.29, 0.717) is 5.56 Å². The van der Waals surface area contributed by atoms with Gasteiger partial charge in [-0.3, -0.25) is 0 Å². The van der Waals surface area contributed by atoms with E-state index in [9.17, 15) is 5.26 Å². The molecule has 32 heavy (non-hydrogen) atoms. The molecule has 6 rings (SSSR count). The number of nitrogens with zero attached hydrogens (tertiary/aromatic N) is 2. The molecule has 0 aliphatic carbocycles. The van der Waals surface area contributed by atoms with Gasteiger partial charge in [0.2, 0.25) is 0 Å². The summed E-state index contributed by atoms with van der Waals surface area (Å²) in [6, 6.07) is 36.7. The molecule has 2 nitrogen and oxygen atoms in total. The Kier molecular flexibility index (Phi) is 4.02.